The van der Waals surface area contributed by atoms with Crippen LogP contribution >= 0.6 is 0 Å². The molecule has 0 radical (unpaired) electrons. The zero-order valence-corrected chi connectivity index (χ0v) is 27.8. The summed E-state index contributed by atoms with van der Waals surface area (Å²) < 4.78 is 4.43. The summed E-state index contributed by atoms with van der Waals surface area (Å²) >= 11 is 0. The highest BCUT2D eigenvalue weighted by Crippen LogP contribution is 2.42. The predicted octanol–water partition coefficient (Wildman–Crippen LogP) is 11.0. The number of aromatic nitrogens is 2. The molecule has 0 N–H and O–H groups in total. The van der Waals surface area contributed by atoms with Gasteiger partial charge in [0.25, 0.3) is 0 Å². The summed E-state index contributed by atoms with van der Waals surface area (Å²) in [5.74, 6) is 0.230. The molecule has 0 saturated carbocycles. The van der Waals surface area contributed by atoms with Crippen LogP contribution in [0.3, 0.4) is 0 Å². The second kappa shape index (κ2) is 11.8. The Kier molecular flexibility index (Phi) is 6.92. The number of hydrogen-bond acceptors (Lipinski definition) is 3. The van der Waals surface area contributed by atoms with Gasteiger partial charge in [-0.3, -0.25) is 0 Å². The van der Waals surface area contributed by atoms with Gasteiger partial charge in [0.1, 0.15) is 6.07 Å². The van der Waals surface area contributed by atoms with E-state index in [9.17, 15) is 15.8 Å². The first-order valence-corrected chi connectivity index (χ1v) is 17.0. The maximum atomic E-state index is 10.6. The minimum atomic E-state index is 0.230. The fourth-order valence-corrected chi connectivity index (χ4v) is 7.95. The molecule has 0 bridgehead atoms. The lowest BCUT2D eigenvalue weighted by Crippen LogP contribution is -2.09. The SMILES string of the molecule is CC1CC=C(c2c(C#N)ccc(C#N)c2-n2c3ccccc3c3cc(C#N)ccc32)C=C1c1cccc(-n2c3ccccc3c3ccccc32)c1. The molecule has 2 aromatic heterocycles. The molecule has 51 heavy (non-hydrogen) atoms. The highest BCUT2D eigenvalue weighted by Gasteiger charge is 2.25. The van der Waals surface area contributed by atoms with Crippen LogP contribution in [0.4, 0.5) is 0 Å². The summed E-state index contributed by atoms with van der Waals surface area (Å²) in [7, 11) is 0. The Balaban J connectivity index is 1.26. The van der Waals surface area contributed by atoms with Crippen LogP contribution in [0.15, 0.2) is 140 Å². The van der Waals surface area contributed by atoms with E-state index in [2.05, 4.69) is 119 Å². The number of nitrogens with zero attached hydrogens (tertiary/aromatic N) is 5. The van der Waals surface area contributed by atoms with Crippen molar-refractivity contribution < 1.29 is 0 Å². The number of benzene rings is 6. The molecule has 1 unspecified atom stereocenters. The van der Waals surface area contributed by atoms with Crippen molar-refractivity contribution in [3.8, 4) is 29.6 Å². The maximum absolute atomic E-state index is 10.6. The number of fused-ring (bicyclic) bond motifs is 6. The Morgan fingerprint density at radius 3 is 1.84 bits per heavy atom. The quantitative estimate of drug-likeness (QED) is 0.190. The minimum absolute atomic E-state index is 0.230. The molecular formula is C46H29N5. The maximum Gasteiger partial charge on any atom is 0.101 e. The molecule has 0 spiro atoms. The molecule has 1 aliphatic carbocycles. The fraction of sp³-hybridized carbons (Fsp3) is 0.0652. The normalized spacial score (nSPS) is 14.3. The lowest BCUT2D eigenvalue weighted by Gasteiger charge is -2.24. The van der Waals surface area contributed by atoms with Crippen LogP contribution in [0.2, 0.25) is 0 Å². The van der Waals surface area contributed by atoms with Gasteiger partial charge in [0, 0.05) is 32.8 Å². The standard InChI is InChI=1S/C46H29N5/c1-29-17-19-32(25-39(29)31-9-8-10-35(24-31)50-41-14-5-2-11-36(41)37-12-3-6-15-42(37)50)45-33(27-48)20-21-34(28-49)46(45)51-43-16-7-4-13-38(43)40-23-30(26-47)18-22-44(40)51/h2-16,18-25,29H,17H2,1H3. The van der Waals surface area contributed by atoms with Gasteiger partial charge in [0.05, 0.1) is 56.6 Å². The number of hydrogen-bond donors (Lipinski definition) is 0. The summed E-state index contributed by atoms with van der Waals surface area (Å²) in [5.41, 5.74) is 11.3. The summed E-state index contributed by atoms with van der Waals surface area (Å²) in [6, 6.07) is 50.1. The van der Waals surface area contributed by atoms with Crippen LogP contribution in [0.5, 0.6) is 0 Å². The monoisotopic (exact) mass is 651 g/mol. The Hall–Kier alpha value is -7.13. The average molecular weight is 652 g/mol. The second-order valence-corrected chi connectivity index (χ2v) is 13.1. The van der Waals surface area contributed by atoms with Gasteiger partial charge in [-0.25, -0.2) is 0 Å². The second-order valence-electron chi connectivity index (χ2n) is 13.1. The number of para-hydroxylation sites is 3. The van der Waals surface area contributed by atoms with Crippen molar-refractivity contribution in [3.05, 3.63) is 167 Å². The molecule has 9 rings (SSSR count). The lowest BCUT2D eigenvalue weighted by molar-refractivity contribution is 0.760. The fourth-order valence-electron chi connectivity index (χ4n) is 7.95. The van der Waals surface area contributed by atoms with Crippen molar-refractivity contribution in [2.75, 3.05) is 0 Å². The van der Waals surface area contributed by atoms with Gasteiger partial charge in [-0.15, -0.1) is 0 Å². The molecule has 2 heterocycles. The number of allylic oxidation sites excluding steroid dienone is 4. The van der Waals surface area contributed by atoms with Crippen molar-refractivity contribution in [2.24, 2.45) is 5.92 Å². The molecule has 1 atom stereocenters. The van der Waals surface area contributed by atoms with E-state index in [1.165, 1.54) is 16.3 Å². The molecular weight excluding hydrogens is 623 g/mol. The summed E-state index contributed by atoms with van der Waals surface area (Å²) in [4.78, 5) is 0. The highest BCUT2D eigenvalue weighted by molar-refractivity contribution is 6.11. The molecule has 0 amide bonds. The van der Waals surface area contributed by atoms with Crippen LogP contribution in [0, 0.1) is 39.9 Å². The van der Waals surface area contributed by atoms with E-state index < -0.39 is 0 Å². The van der Waals surface area contributed by atoms with E-state index in [0.717, 1.165) is 61.6 Å². The predicted molar refractivity (Wildman–Crippen MR) is 205 cm³/mol. The Morgan fingerprint density at radius 2 is 1.18 bits per heavy atom. The number of nitriles is 3. The van der Waals surface area contributed by atoms with E-state index in [-0.39, 0.29) is 5.92 Å². The van der Waals surface area contributed by atoms with Gasteiger partial charge in [0.15, 0.2) is 0 Å². The van der Waals surface area contributed by atoms with Crippen molar-refractivity contribution in [2.45, 2.75) is 13.3 Å². The zero-order chi connectivity index (χ0) is 34.6. The highest BCUT2D eigenvalue weighted by atomic mass is 15.0. The van der Waals surface area contributed by atoms with Crippen molar-refractivity contribution in [1.82, 2.24) is 9.13 Å². The summed E-state index contributed by atoms with van der Waals surface area (Å²) in [6.07, 6.45) is 5.19. The van der Waals surface area contributed by atoms with E-state index in [4.69, 9.17) is 0 Å². The van der Waals surface area contributed by atoms with Gasteiger partial charge in [0.2, 0.25) is 0 Å². The molecule has 238 valence electrons. The van der Waals surface area contributed by atoms with Crippen molar-refractivity contribution in [1.29, 1.82) is 15.8 Å². The van der Waals surface area contributed by atoms with Crippen LogP contribution in [-0.4, -0.2) is 9.13 Å². The van der Waals surface area contributed by atoms with E-state index >= 15 is 0 Å². The van der Waals surface area contributed by atoms with Crippen LogP contribution in [0.25, 0.3) is 66.1 Å². The smallest absolute Gasteiger partial charge is 0.101 e. The first-order valence-electron chi connectivity index (χ1n) is 17.0. The van der Waals surface area contributed by atoms with Crippen molar-refractivity contribution in [3.63, 3.8) is 0 Å². The van der Waals surface area contributed by atoms with E-state index in [1.807, 2.05) is 36.4 Å². The summed E-state index contributed by atoms with van der Waals surface area (Å²) in [6.45, 7) is 2.24. The van der Waals surface area contributed by atoms with Crippen LogP contribution < -0.4 is 0 Å². The molecule has 0 fully saturated rings. The molecule has 5 heteroatoms. The molecule has 0 aliphatic heterocycles. The summed E-state index contributed by atoms with van der Waals surface area (Å²) in [5, 5.41) is 35.1. The van der Waals surface area contributed by atoms with Crippen LogP contribution in [-0.2, 0) is 0 Å². The van der Waals surface area contributed by atoms with Gasteiger partial charge in [-0.05, 0) is 89.7 Å². The Labute approximate surface area is 295 Å². The van der Waals surface area contributed by atoms with E-state index in [1.54, 1.807) is 18.2 Å². The largest absolute Gasteiger partial charge is 0.309 e. The molecule has 5 nitrogen and oxygen atoms in total. The first kappa shape index (κ1) is 30.0. The van der Waals surface area contributed by atoms with Gasteiger partial charge in [-0.2, -0.15) is 15.8 Å². The average Bonchev–Trinajstić information content (AvgIpc) is 3.70. The Morgan fingerprint density at radius 1 is 0.569 bits per heavy atom. The lowest BCUT2D eigenvalue weighted by atomic mass is 9.82. The van der Waals surface area contributed by atoms with Gasteiger partial charge in [-0.1, -0.05) is 85.8 Å². The topological polar surface area (TPSA) is 81.2 Å². The third-order valence-electron chi connectivity index (χ3n) is 10.3. The van der Waals surface area contributed by atoms with Crippen LogP contribution in [0.1, 0.15) is 41.2 Å². The Bertz CT molecular complexity index is 2890. The van der Waals surface area contributed by atoms with Gasteiger partial charge < -0.3 is 9.13 Å². The molecule has 6 aromatic carbocycles. The minimum Gasteiger partial charge on any atom is -0.309 e. The molecule has 0 saturated heterocycles. The van der Waals surface area contributed by atoms with Crippen molar-refractivity contribution >= 4 is 54.8 Å². The molecule has 1 aliphatic rings. The van der Waals surface area contributed by atoms with E-state index in [0.29, 0.717) is 22.4 Å². The van der Waals surface area contributed by atoms with Gasteiger partial charge >= 0.3 is 0 Å². The zero-order valence-electron chi connectivity index (χ0n) is 27.8. The third-order valence-corrected chi connectivity index (χ3v) is 10.3. The molecule has 8 aromatic rings. The third kappa shape index (κ3) is 4.59. The first-order chi connectivity index (χ1) is 25.1. The number of rotatable bonds is 4.